The molecular weight excluding hydrogens is 402 g/mol. The zero-order valence-electron chi connectivity index (χ0n) is 18.0. The lowest BCUT2D eigenvalue weighted by Crippen LogP contribution is -2.39. The molecule has 0 unspecified atom stereocenters. The Morgan fingerprint density at radius 2 is 1.70 bits per heavy atom. The number of ether oxygens (including phenoxy) is 1. The minimum absolute atomic E-state index is 0.157. The predicted molar refractivity (Wildman–Crippen MR) is 121 cm³/mol. The van der Waals surface area contributed by atoms with E-state index in [1.165, 1.54) is 12.7 Å². The van der Waals surface area contributed by atoms with Crippen LogP contribution in [0.25, 0.3) is 0 Å². The second-order valence-electron chi connectivity index (χ2n) is 7.75. The maximum Gasteiger partial charge on any atom is 0.260 e. The first-order valence-electron chi connectivity index (χ1n) is 9.53. The van der Waals surface area contributed by atoms with Crippen molar-refractivity contribution in [1.29, 1.82) is 0 Å². The lowest BCUT2D eigenvalue weighted by Gasteiger charge is -2.25. The highest BCUT2D eigenvalue weighted by atomic mass is 32.2. The second-order valence-corrected chi connectivity index (χ2v) is 9.66. The van der Waals surface area contributed by atoms with E-state index >= 15 is 0 Å². The highest BCUT2D eigenvalue weighted by Gasteiger charge is 2.24. The van der Waals surface area contributed by atoms with E-state index in [1.54, 1.807) is 24.3 Å². The molecule has 0 aromatic heterocycles. The van der Waals surface area contributed by atoms with Crippen LogP contribution in [0.1, 0.15) is 32.8 Å². The van der Waals surface area contributed by atoms with Crippen molar-refractivity contribution < 1.29 is 17.9 Å². The van der Waals surface area contributed by atoms with Crippen LogP contribution in [-0.2, 0) is 20.2 Å². The summed E-state index contributed by atoms with van der Waals surface area (Å²) in [5, 5.41) is 4.17. The molecule has 0 aliphatic carbocycles. The summed E-state index contributed by atoms with van der Waals surface area (Å²) in [6.07, 6.45) is 1.68. The molecular formula is C22H29N3O4S. The summed E-state index contributed by atoms with van der Waals surface area (Å²) in [6.45, 7) is 5.64. The van der Waals surface area contributed by atoms with Crippen molar-refractivity contribution in [3.63, 3.8) is 0 Å². The predicted octanol–water partition coefficient (Wildman–Crippen LogP) is 3.32. The number of hydrazone groups is 1. The molecule has 0 fully saturated rings. The van der Waals surface area contributed by atoms with Gasteiger partial charge in [-0.3, -0.25) is 9.10 Å². The SMILES string of the molecule is COc1ccccc1N(CC(=O)N/N=C(\C)CC(C)(C)c1ccccc1)S(C)(=O)=O. The molecule has 0 bridgehead atoms. The lowest BCUT2D eigenvalue weighted by atomic mass is 9.80. The molecule has 1 N–H and O–H groups in total. The smallest absolute Gasteiger partial charge is 0.260 e. The molecule has 2 aromatic rings. The molecule has 8 heteroatoms. The Hall–Kier alpha value is -2.87. The molecule has 1 amide bonds. The van der Waals surface area contributed by atoms with E-state index in [0.717, 1.165) is 16.3 Å². The van der Waals surface area contributed by atoms with E-state index in [1.807, 2.05) is 25.1 Å². The van der Waals surface area contributed by atoms with Crippen LogP contribution in [0.4, 0.5) is 5.69 Å². The van der Waals surface area contributed by atoms with Crippen LogP contribution < -0.4 is 14.5 Å². The minimum atomic E-state index is -3.70. The third-order valence-electron chi connectivity index (χ3n) is 4.67. The summed E-state index contributed by atoms with van der Waals surface area (Å²) in [5.41, 5.74) is 4.51. The third-order valence-corrected chi connectivity index (χ3v) is 5.79. The zero-order chi connectivity index (χ0) is 22.4. The molecule has 0 atom stereocenters. The number of sulfonamides is 1. The number of rotatable bonds is 9. The van der Waals surface area contributed by atoms with Crippen molar-refractivity contribution in [3.05, 3.63) is 60.2 Å². The Morgan fingerprint density at radius 1 is 1.10 bits per heavy atom. The van der Waals surface area contributed by atoms with Gasteiger partial charge in [0.1, 0.15) is 12.3 Å². The molecule has 0 spiro atoms. The molecule has 30 heavy (non-hydrogen) atoms. The number of anilines is 1. The Labute approximate surface area is 178 Å². The van der Waals surface area contributed by atoms with E-state index < -0.39 is 22.5 Å². The summed E-state index contributed by atoms with van der Waals surface area (Å²) in [4.78, 5) is 12.4. The largest absolute Gasteiger partial charge is 0.495 e. The Kier molecular flexibility index (Phi) is 7.61. The van der Waals surface area contributed by atoms with Crippen LogP contribution in [0.3, 0.4) is 0 Å². The van der Waals surface area contributed by atoms with Gasteiger partial charge in [0.15, 0.2) is 0 Å². The first kappa shape index (κ1) is 23.4. The molecule has 2 rings (SSSR count). The van der Waals surface area contributed by atoms with Crippen molar-refractivity contribution in [2.24, 2.45) is 5.10 Å². The van der Waals surface area contributed by atoms with Gasteiger partial charge in [-0.25, -0.2) is 13.8 Å². The number of benzene rings is 2. The average molecular weight is 432 g/mol. The average Bonchev–Trinajstić information content (AvgIpc) is 2.70. The Morgan fingerprint density at radius 3 is 2.30 bits per heavy atom. The molecule has 0 aliphatic rings. The number of carbonyl (C=O) groups excluding carboxylic acids is 1. The van der Waals surface area contributed by atoms with Gasteiger partial charge in [0.2, 0.25) is 10.0 Å². The Bertz CT molecular complexity index is 1000. The molecule has 2 aromatic carbocycles. The first-order chi connectivity index (χ1) is 14.0. The summed E-state index contributed by atoms with van der Waals surface area (Å²) in [7, 11) is -2.26. The van der Waals surface area contributed by atoms with Crippen LogP contribution in [0, 0.1) is 0 Å². The number of methoxy groups -OCH3 is 1. The topological polar surface area (TPSA) is 88.1 Å². The number of nitrogens with one attached hydrogen (secondary N) is 1. The van der Waals surface area contributed by atoms with E-state index in [-0.39, 0.29) is 5.41 Å². The van der Waals surface area contributed by atoms with Crippen molar-refractivity contribution in [3.8, 4) is 5.75 Å². The first-order valence-corrected chi connectivity index (χ1v) is 11.4. The number of para-hydroxylation sites is 2. The van der Waals surface area contributed by atoms with Gasteiger partial charge in [-0.2, -0.15) is 5.10 Å². The highest BCUT2D eigenvalue weighted by Crippen LogP contribution is 2.29. The molecule has 0 aliphatic heterocycles. The lowest BCUT2D eigenvalue weighted by molar-refractivity contribution is -0.119. The number of amides is 1. The van der Waals surface area contributed by atoms with Crippen molar-refractivity contribution in [2.75, 3.05) is 24.2 Å². The number of hydrogen-bond donors (Lipinski definition) is 1. The van der Waals surface area contributed by atoms with Gasteiger partial charge >= 0.3 is 0 Å². The van der Waals surface area contributed by atoms with E-state index in [4.69, 9.17) is 4.74 Å². The normalized spacial score (nSPS) is 12.4. The summed E-state index contributed by atoms with van der Waals surface area (Å²) in [5.74, 6) is -0.178. The second kappa shape index (κ2) is 9.75. The number of nitrogens with zero attached hydrogens (tertiary/aromatic N) is 2. The monoisotopic (exact) mass is 431 g/mol. The third kappa shape index (κ3) is 6.32. The van der Waals surface area contributed by atoms with Crippen LogP contribution in [0.5, 0.6) is 5.75 Å². The van der Waals surface area contributed by atoms with Gasteiger partial charge in [0, 0.05) is 5.71 Å². The zero-order valence-corrected chi connectivity index (χ0v) is 18.9. The number of hydrogen-bond acceptors (Lipinski definition) is 5. The van der Waals surface area contributed by atoms with Crippen LogP contribution >= 0.6 is 0 Å². The standard InChI is InChI=1S/C22H29N3O4S/c1-17(15-22(2,3)18-11-7-6-8-12-18)23-24-21(26)16-25(30(5,27)28)19-13-9-10-14-20(19)29-4/h6-14H,15-16H2,1-5H3,(H,24,26)/b23-17+. The van der Waals surface area contributed by atoms with Gasteiger partial charge in [-0.15, -0.1) is 0 Å². The molecule has 0 saturated carbocycles. The van der Waals surface area contributed by atoms with Crippen molar-refractivity contribution in [2.45, 2.75) is 32.6 Å². The summed E-state index contributed by atoms with van der Waals surface area (Å²) < 4.78 is 30.8. The van der Waals surface area contributed by atoms with E-state index in [9.17, 15) is 13.2 Å². The molecule has 0 radical (unpaired) electrons. The van der Waals surface area contributed by atoms with E-state index in [0.29, 0.717) is 17.9 Å². The molecule has 0 heterocycles. The van der Waals surface area contributed by atoms with Gasteiger partial charge in [-0.1, -0.05) is 56.3 Å². The van der Waals surface area contributed by atoms with Crippen LogP contribution in [0.2, 0.25) is 0 Å². The van der Waals surface area contributed by atoms with Crippen LogP contribution in [0.15, 0.2) is 59.7 Å². The summed E-state index contributed by atoms with van der Waals surface area (Å²) >= 11 is 0. The fourth-order valence-corrected chi connectivity index (χ4v) is 4.07. The minimum Gasteiger partial charge on any atom is -0.495 e. The molecule has 7 nitrogen and oxygen atoms in total. The Balaban J connectivity index is 2.10. The maximum absolute atomic E-state index is 12.4. The fraction of sp³-hybridized carbons (Fsp3) is 0.364. The van der Waals surface area contributed by atoms with Gasteiger partial charge in [0.25, 0.3) is 5.91 Å². The van der Waals surface area contributed by atoms with Crippen molar-refractivity contribution >= 4 is 27.3 Å². The fourth-order valence-electron chi connectivity index (χ4n) is 3.21. The highest BCUT2D eigenvalue weighted by molar-refractivity contribution is 7.92. The van der Waals surface area contributed by atoms with Gasteiger partial charge in [0.05, 0.1) is 19.1 Å². The molecule has 0 saturated heterocycles. The van der Waals surface area contributed by atoms with Gasteiger partial charge in [-0.05, 0) is 36.5 Å². The molecule has 162 valence electrons. The van der Waals surface area contributed by atoms with Gasteiger partial charge < -0.3 is 4.74 Å². The number of carbonyl (C=O) groups is 1. The van der Waals surface area contributed by atoms with E-state index in [2.05, 4.69) is 36.5 Å². The quantitative estimate of drug-likeness (QED) is 0.487. The van der Waals surface area contributed by atoms with Crippen LogP contribution in [-0.4, -0.2) is 39.9 Å². The summed E-state index contributed by atoms with van der Waals surface area (Å²) in [6, 6.07) is 16.7. The van der Waals surface area contributed by atoms with Crippen molar-refractivity contribution in [1.82, 2.24) is 5.43 Å². The maximum atomic E-state index is 12.4.